The summed E-state index contributed by atoms with van der Waals surface area (Å²) in [5.41, 5.74) is 2.30. The number of likely N-dealkylation sites (tertiary alicyclic amines) is 1. The van der Waals surface area contributed by atoms with Crippen LogP contribution in [0.2, 0.25) is 0 Å². The number of ether oxygens (including phenoxy) is 2. The number of hydrogen-bond acceptors (Lipinski definition) is 5. The third kappa shape index (κ3) is 6.19. The lowest BCUT2D eigenvalue weighted by Gasteiger charge is -2.26. The minimum Gasteiger partial charge on any atom is -0.378 e. The van der Waals surface area contributed by atoms with Gasteiger partial charge < -0.3 is 29.9 Å². The van der Waals surface area contributed by atoms with Gasteiger partial charge in [-0.25, -0.2) is 0 Å². The predicted octanol–water partition coefficient (Wildman–Crippen LogP) is -0.676. The van der Waals surface area contributed by atoms with Crippen molar-refractivity contribution >= 4 is 17.5 Å². The Bertz CT molecular complexity index is 626. The van der Waals surface area contributed by atoms with E-state index in [1.54, 1.807) is 0 Å². The summed E-state index contributed by atoms with van der Waals surface area (Å²) in [6.07, 6.45) is 1.80. The zero-order chi connectivity index (χ0) is 20.5. The van der Waals surface area contributed by atoms with Crippen LogP contribution in [0, 0.1) is 0 Å². The topological polar surface area (TPSA) is 84.3 Å². The monoisotopic (exact) mass is 393 g/mol. The van der Waals surface area contributed by atoms with Crippen LogP contribution in [0.5, 0.6) is 0 Å². The summed E-state index contributed by atoms with van der Waals surface area (Å²) in [7, 11) is 6.97. The summed E-state index contributed by atoms with van der Waals surface area (Å²) in [6, 6.07) is 8.52. The van der Waals surface area contributed by atoms with Crippen molar-refractivity contribution in [2.24, 2.45) is 0 Å². The Morgan fingerprint density at radius 2 is 1.54 bits per heavy atom. The van der Waals surface area contributed by atoms with Gasteiger partial charge >= 0.3 is 11.8 Å². The summed E-state index contributed by atoms with van der Waals surface area (Å²) in [5, 5.41) is 5.32. The van der Waals surface area contributed by atoms with Gasteiger partial charge in [0.05, 0.1) is 26.2 Å². The molecule has 28 heavy (non-hydrogen) atoms. The number of benzene rings is 1. The fourth-order valence-electron chi connectivity index (χ4n) is 3.47. The van der Waals surface area contributed by atoms with Crippen LogP contribution in [0.3, 0.4) is 0 Å². The van der Waals surface area contributed by atoms with Gasteiger partial charge in [0.15, 0.2) is 6.29 Å². The molecule has 1 aliphatic rings. The first-order valence-corrected chi connectivity index (χ1v) is 9.69. The molecule has 0 spiro atoms. The van der Waals surface area contributed by atoms with Gasteiger partial charge in [-0.3, -0.25) is 9.59 Å². The zero-order valence-corrected chi connectivity index (χ0v) is 17.3. The number of carbonyl (C=O) groups excluding carboxylic acids is 2. The quantitative estimate of drug-likeness (QED) is 0.383. The first-order valence-electron chi connectivity index (χ1n) is 9.69. The number of quaternary nitrogens is 1. The molecule has 8 heteroatoms. The van der Waals surface area contributed by atoms with Gasteiger partial charge in [-0.1, -0.05) is 12.1 Å². The lowest BCUT2D eigenvalue weighted by molar-refractivity contribution is -0.918. The van der Waals surface area contributed by atoms with Crippen molar-refractivity contribution < 1.29 is 24.0 Å². The van der Waals surface area contributed by atoms with E-state index in [1.165, 1.54) is 37.5 Å². The number of rotatable bonds is 9. The molecule has 1 fully saturated rings. The summed E-state index contributed by atoms with van der Waals surface area (Å²) in [5.74, 6) is -1.32. The van der Waals surface area contributed by atoms with Crippen molar-refractivity contribution in [1.82, 2.24) is 10.6 Å². The Morgan fingerprint density at radius 3 is 2.04 bits per heavy atom. The van der Waals surface area contributed by atoms with E-state index in [0.717, 1.165) is 18.8 Å². The summed E-state index contributed by atoms with van der Waals surface area (Å²) in [6.45, 7) is 2.68. The van der Waals surface area contributed by atoms with Crippen LogP contribution < -0.4 is 20.4 Å². The van der Waals surface area contributed by atoms with Gasteiger partial charge in [0.1, 0.15) is 6.04 Å². The Labute approximate surface area is 167 Å². The Kier molecular flexibility index (Phi) is 8.69. The lowest BCUT2D eigenvalue weighted by atomic mass is 10.0. The van der Waals surface area contributed by atoms with Crippen molar-refractivity contribution in [2.75, 3.05) is 59.4 Å². The molecule has 2 amide bonds. The fraction of sp³-hybridized carbons (Fsp3) is 0.600. The van der Waals surface area contributed by atoms with E-state index in [2.05, 4.69) is 39.8 Å². The van der Waals surface area contributed by atoms with Crippen LogP contribution in [0.15, 0.2) is 24.3 Å². The van der Waals surface area contributed by atoms with Gasteiger partial charge in [0, 0.05) is 52.4 Å². The molecule has 0 aromatic heterocycles. The van der Waals surface area contributed by atoms with Gasteiger partial charge in [-0.2, -0.15) is 0 Å². The van der Waals surface area contributed by atoms with E-state index in [4.69, 9.17) is 9.47 Å². The van der Waals surface area contributed by atoms with E-state index in [-0.39, 0.29) is 12.6 Å². The minimum atomic E-state index is -0.683. The van der Waals surface area contributed by atoms with Crippen molar-refractivity contribution in [3.63, 3.8) is 0 Å². The molecule has 0 aliphatic carbocycles. The molecular formula is C20H33N4O4+. The molecule has 1 aliphatic heterocycles. The van der Waals surface area contributed by atoms with Crippen molar-refractivity contribution in [3.8, 4) is 0 Å². The summed E-state index contributed by atoms with van der Waals surface area (Å²) >= 11 is 0. The minimum absolute atomic E-state index is 0.117. The highest BCUT2D eigenvalue weighted by Gasteiger charge is 2.28. The maximum atomic E-state index is 12.2. The van der Waals surface area contributed by atoms with Gasteiger partial charge in [0.2, 0.25) is 0 Å². The molecule has 1 saturated heterocycles. The second-order valence-electron chi connectivity index (χ2n) is 7.22. The fourth-order valence-corrected chi connectivity index (χ4v) is 3.47. The van der Waals surface area contributed by atoms with E-state index in [1.807, 2.05) is 14.1 Å². The smallest absolute Gasteiger partial charge is 0.309 e. The highest BCUT2D eigenvalue weighted by atomic mass is 16.7. The second-order valence-corrected chi connectivity index (χ2v) is 7.22. The van der Waals surface area contributed by atoms with Crippen LogP contribution in [-0.4, -0.2) is 72.6 Å². The molecule has 1 aromatic carbocycles. The van der Waals surface area contributed by atoms with Gasteiger partial charge in [-0.15, -0.1) is 0 Å². The Balaban J connectivity index is 1.97. The van der Waals surface area contributed by atoms with Gasteiger partial charge in [0.25, 0.3) is 0 Å². The van der Waals surface area contributed by atoms with E-state index >= 15 is 0 Å². The SMILES string of the molecule is COC(CNC(=O)C(=O)NC[C@@H](c1ccc(N(C)C)cc1)[NH+]1CCCC1)OC. The predicted molar refractivity (Wildman–Crippen MR) is 107 cm³/mol. The highest BCUT2D eigenvalue weighted by Crippen LogP contribution is 2.17. The third-order valence-electron chi connectivity index (χ3n) is 5.18. The molecule has 1 atom stereocenters. The number of nitrogens with zero attached hydrogens (tertiary/aromatic N) is 1. The molecule has 156 valence electrons. The molecule has 1 aromatic rings. The molecule has 0 bridgehead atoms. The Hall–Kier alpha value is -2.16. The van der Waals surface area contributed by atoms with Crippen LogP contribution in [-0.2, 0) is 19.1 Å². The standard InChI is InChI=1S/C20H32N4O4/c1-23(2)16-9-7-15(8-10-16)17(24-11-5-6-12-24)13-21-19(25)20(26)22-14-18(27-3)28-4/h7-10,17-18H,5-6,11-14H2,1-4H3,(H,21,25)(H,22,26)/p+1/t17-/m0/s1. The zero-order valence-electron chi connectivity index (χ0n) is 17.3. The average Bonchev–Trinajstić information content (AvgIpc) is 3.23. The molecule has 0 unspecified atom stereocenters. The maximum Gasteiger partial charge on any atom is 0.309 e. The normalized spacial score (nSPS) is 15.5. The molecule has 8 nitrogen and oxygen atoms in total. The Morgan fingerprint density at radius 1 is 1.00 bits per heavy atom. The average molecular weight is 394 g/mol. The van der Waals surface area contributed by atoms with E-state index < -0.39 is 18.1 Å². The molecule has 1 heterocycles. The van der Waals surface area contributed by atoms with Crippen LogP contribution >= 0.6 is 0 Å². The highest BCUT2D eigenvalue weighted by molar-refractivity contribution is 6.35. The number of methoxy groups -OCH3 is 2. The number of anilines is 1. The van der Waals surface area contributed by atoms with E-state index in [0.29, 0.717) is 6.54 Å². The van der Waals surface area contributed by atoms with Crippen molar-refractivity contribution in [3.05, 3.63) is 29.8 Å². The maximum absolute atomic E-state index is 12.2. The van der Waals surface area contributed by atoms with E-state index in [9.17, 15) is 9.59 Å². The molecule has 2 rings (SSSR count). The largest absolute Gasteiger partial charge is 0.378 e. The first kappa shape index (κ1) is 22.1. The number of carbonyl (C=O) groups is 2. The van der Waals surface area contributed by atoms with Gasteiger partial charge in [-0.05, 0) is 12.1 Å². The summed E-state index contributed by atoms with van der Waals surface area (Å²) < 4.78 is 10.0. The molecule has 0 radical (unpaired) electrons. The third-order valence-corrected chi connectivity index (χ3v) is 5.18. The molecule has 0 saturated carbocycles. The first-order chi connectivity index (χ1) is 13.5. The van der Waals surface area contributed by atoms with Crippen LogP contribution in [0.25, 0.3) is 0 Å². The molecular weight excluding hydrogens is 360 g/mol. The van der Waals surface area contributed by atoms with Crippen molar-refractivity contribution in [2.45, 2.75) is 25.2 Å². The van der Waals surface area contributed by atoms with Crippen molar-refractivity contribution in [1.29, 1.82) is 0 Å². The number of nitrogens with one attached hydrogen (secondary N) is 3. The van der Waals surface area contributed by atoms with Crippen LogP contribution in [0.1, 0.15) is 24.4 Å². The second kappa shape index (κ2) is 11.0. The van der Waals surface area contributed by atoms with Crippen LogP contribution in [0.4, 0.5) is 5.69 Å². The number of amides is 2. The molecule has 3 N–H and O–H groups in total. The summed E-state index contributed by atoms with van der Waals surface area (Å²) in [4.78, 5) is 27.7. The number of hydrogen-bond donors (Lipinski definition) is 3. The lowest BCUT2D eigenvalue weighted by Crippen LogP contribution is -3.11.